The van der Waals surface area contributed by atoms with Gasteiger partial charge in [0.15, 0.2) is 0 Å². The zero-order valence-corrected chi connectivity index (χ0v) is 16.1. The van der Waals surface area contributed by atoms with E-state index in [4.69, 9.17) is 9.26 Å². The van der Waals surface area contributed by atoms with Crippen molar-refractivity contribution in [3.63, 3.8) is 0 Å². The maximum absolute atomic E-state index is 12.7. The van der Waals surface area contributed by atoms with Crippen molar-refractivity contribution in [2.75, 3.05) is 19.7 Å². The molecule has 4 rings (SSSR count). The molecular formula is C22H25N3O3. The quantitative estimate of drug-likeness (QED) is 0.648. The van der Waals surface area contributed by atoms with Gasteiger partial charge in [-0.25, -0.2) is 0 Å². The maximum atomic E-state index is 12.7. The van der Waals surface area contributed by atoms with Gasteiger partial charge in [-0.1, -0.05) is 24.3 Å². The van der Waals surface area contributed by atoms with E-state index in [2.05, 4.69) is 28.3 Å². The van der Waals surface area contributed by atoms with Gasteiger partial charge in [0.25, 0.3) is 5.88 Å². The Labute approximate surface area is 164 Å². The number of hydrogen-bond donors (Lipinski definition) is 0. The van der Waals surface area contributed by atoms with Crippen molar-refractivity contribution in [3.8, 4) is 5.88 Å². The first-order valence-electron chi connectivity index (χ1n) is 9.94. The van der Waals surface area contributed by atoms with Crippen molar-refractivity contribution in [1.29, 1.82) is 0 Å². The summed E-state index contributed by atoms with van der Waals surface area (Å²) < 4.78 is 10.5. The van der Waals surface area contributed by atoms with Gasteiger partial charge in [0.2, 0.25) is 5.91 Å². The van der Waals surface area contributed by atoms with Gasteiger partial charge in [-0.05, 0) is 36.4 Å². The highest BCUT2D eigenvalue weighted by atomic mass is 16.5. The Hall–Kier alpha value is -2.89. The summed E-state index contributed by atoms with van der Waals surface area (Å²) in [5.74, 6) is 1.60. The van der Waals surface area contributed by atoms with Crippen molar-refractivity contribution in [2.24, 2.45) is 0 Å². The van der Waals surface area contributed by atoms with Gasteiger partial charge < -0.3 is 14.2 Å². The first kappa shape index (κ1) is 18.5. The Morgan fingerprint density at radius 2 is 2.14 bits per heavy atom. The molecule has 1 aromatic carbocycles. The van der Waals surface area contributed by atoms with E-state index < -0.39 is 0 Å². The lowest BCUT2D eigenvalue weighted by molar-refractivity contribution is -0.132. The van der Waals surface area contributed by atoms with E-state index >= 15 is 0 Å². The molecular weight excluding hydrogens is 354 g/mol. The van der Waals surface area contributed by atoms with Gasteiger partial charge >= 0.3 is 0 Å². The smallest absolute Gasteiger partial charge is 0.254 e. The molecule has 0 aliphatic carbocycles. The summed E-state index contributed by atoms with van der Waals surface area (Å²) in [4.78, 5) is 19.3. The van der Waals surface area contributed by atoms with Crippen molar-refractivity contribution in [3.05, 3.63) is 54.0 Å². The fourth-order valence-electron chi connectivity index (χ4n) is 3.78. The van der Waals surface area contributed by atoms with Crippen LogP contribution in [-0.2, 0) is 11.2 Å². The van der Waals surface area contributed by atoms with E-state index in [1.165, 1.54) is 5.39 Å². The molecule has 0 spiro atoms. The fourth-order valence-corrected chi connectivity index (χ4v) is 3.78. The van der Waals surface area contributed by atoms with Crippen LogP contribution in [0.25, 0.3) is 10.8 Å². The molecule has 1 saturated heterocycles. The molecule has 0 bridgehead atoms. The second-order valence-corrected chi connectivity index (χ2v) is 7.20. The van der Waals surface area contributed by atoms with Gasteiger partial charge in [-0.3, -0.25) is 9.78 Å². The second kappa shape index (κ2) is 8.42. The standard InChI is InChI=1S/C22H25N3O3/c1-2-27-21-13-19(28-24-21)9-10-22(26)25-11-5-8-18(15-25)20-12-16-6-3-4-7-17(16)14-23-20/h3-4,6-7,12-14,18H,2,5,8-11,15H2,1H3/t18-/m0/s1. The van der Waals surface area contributed by atoms with Crippen LogP contribution in [0.15, 0.2) is 47.1 Å². The average Bonchev–Trinajstić information content (AvgIpc) is 3.19. The van der Waals surface area contributed by atoms with Crippen LogP contribution in [0.5, 0.6) is 5.88 Å². The van der Waals surface area contributed by atoms with E-state index in [0.29, 0.717) is 31.1 Å². The SMILES string of the molecule is CCOc1cc(CCC(=O)N2CCC[C@H](c3cc4ccccc4cn3)C2)on1. The summed E-state index contributed by atoms with van der Waals surface area (Å²) in [6.45, 7) is 3.98. The molecule has 0 unspecified atom stereocenters. The summed E-state index contributed by atoms with van der Waals surface area (Å²) >= 11 is 0. The third-order valence-electron chi connectivity index (χ3n) is 5.26. The van der Waals surface area contributed by atoms with Crippen molar-refractivity contribution < 1.29 is 14.1 Å². The molecule has 0 saturated carbocycles. The summed E-state index contributed by atoms with van der Waals surface area (Å²) in [7, 11) is 0. The molecule has 2 aromatic heterocycles. The van der Waals surface area contributed by atoms with Crippen LogP contribution in [0.4, 0.5) is 0 Å². The molecule has 1 aliphatic heterocycles. The van der Waals surface area contributed by atoms with Crippen molar-refractivity contribution >= 4 is 16.7 Å². The van der Waals surface area contributed by atoms with Gasteiger partial charge in [-0.15, -0.1) is 0 Å². The first-order valence-corrected chi connectivity index (χ1v) is 9.94. The number of aryl methyl sites for hydroxylation is 1. The van der Waals surface area contributed by atoms with Gasteiger partial charge in [0.05, 0.1) is 6.61 Å². The third kappa shape index (κ3) is 4.16. The first-order chi connectivity index (χ1) is 13.7. The predicted octanol–water partition coefficient (Wildman–Crippen LogP) is 3.96. The molecule has 3 heterocycles. The van der Waals surface area contributed by atoms with Crippen LogP contribution < -0.4 is 4.74 Å². The van der Waals surface area contributed by atoms with E-state index in [1.807, 2.05) is 30.2 Å². The summed E-state index contributed by atoms with van der Waals surface area (Å²) in [5, 5.41) is 6.19. The van der Waals surface area contributed by atoms with Crippen molar-refractivity contribution in [2.45, 2.75) is 38.5 Å². The monoisotopic (exact) mass is 379 g/mol. The Morgan fingerprint density at radius 3 is 3.00 bits per heavy atom. The van der Waals surface area contributed by atoms with Crippen LogP contribution in [0.1, 0.15) is 43.6 Å². The Balaban J connectivity index is 1.37. The number of fused-ring (bicyclic) bond motifs is 1. The number of aromatic nitrogens is 2. The highest BCUT2D eigenvalue weighted by Crippen LogP contribution is 2.28. The Kier molecular flexibility index (Phi) is 5.55. The number of amides is 1. The molecule has 6 nitrogen and oxygen atoms in total. The van der Waals surface area contributed by atoms with Gasteiger partial charge in [-0.2, -0.15) is 0 Å². The number of hydrogen-bond acceptors (Lipinski definition) is 5. The largest absolute Gasteiger partial charge is 0.476 e. The molecule has 28 heavy (non-hydrogen) atoms. The Morgan fingerprint density at radius 1 is 1.29 bits per heavy atom. The normalized spacial score (nSPS) is 17.0. The molecule has 3 aromatic rings. The number of pyridine rings is 1. The minimum atomic E-state index is 0.153. The summed E-state index contributed by atoms with van der Waals surface area (Å²) in [6, 6.07) is 12.2. The highest BCUT2D eigenvalue weighted by Gasteiger charge is 2.25. The molecule has 1 fully saturated rings. The van der Waals surface area contributed by atoms with Gasteiger partial charge in [0.1, 0.15) is 5.76 Å². The lowest BCUT2D eigenvalue weighted by Gasteiger charge is -2.32. The fraction of sp³-hybridized carbons (Fsp3) is 0.409. The number of piperidine rings is 1. The molecule has 1 atom stereocenters. The minimum absolute atomic E-state index is 0.153. The van der Waals surface area contributed by atoms with Crippen LogP contribution >= 0.6 is 0 Å². The highest BCUT2D eigenvalue weighted by molar-refractivity contribution is 5.82. The van der Waals surface area contributed by atoms with Crippen LogP contribution in [-0.4, -0.2) is 40.6 Å². The second-order valence-electron chi connectivity index (χ2n) is 7.20. The lowest BCUT2D eigenvalue weighted by atomic mass is 9.93. The molecule has 146 valence electrons. The van der Waals surface area contributed by atoms with Crippen LogP contribution in [0.2, 0.25) is 0 Å². The number of likely N-dealkylation sites (tertiary alicyclic amines) is 1. The number of nitrogens with zero attached hydrogens (tertiary/aromatic N) is 3. The summed E-state index contributed by atoms with van der Waals surface area (Å²) in [6.07, 6.45) is 4.95. The molecule has 1 aliphatic rings. The topological polar surface area (TPSA) is 68.5 Å². The third-order valence-corrected chi connectivity index (χ3v) is 5.26. The van der Waals surface area contributed by atoms with Crippen molar-refractivity contribution in [1.82, 2.24) is 15.0 Å². The van der Waals surface area contributed by atoms with E-state index in [0.717, 1.165) is 37.0 Å². The maximum Gasteiger partial charge on any atom is 0.254 e. The number of rotatable bonds is 6. The predicted molar refractivity (Wildman–Crippen MR) is 106 cm³/mol. The Bertz CT molecular complexity index is 953. The lowest BCUT2D eigenvalue weighted by Crippen LogP contribution is -2.39. The average molecular weight is 379 g/mol. The molecule has 1 amide bonds. The van der Waals surface area contributed by atoms with Crippen LogP contribution in [0, 0.1) is 0 Å². The zero-order valence-electron chi connectivity index (χ0n) is 16.1. The number of ether oxygens (including phenoxy) is 1. The molecule has 0 N–H and O–H groups in total. The van der Waals surface area contributed by atoms with E-state index in [9.17, 15) is 4.79 Å². The van der Waals surface area contributed by atoms with Crippen LogP contribution in [0.3, 0.4) is 0 Å². The minimum Gasteiger partial charge on any atom is -0.476 e. The number of carbonyl (C=O) groups is 1. The molecule has 0 radical (unpaired) electrons. The molecule has 6 heteroatoms. The van der Waals surface area contributed by atoms with Gasteiger partial charge in [0, 0.05) is 55.2 Å². The summed E-state index contributed by atoms with van der Waals surface area (Å²) in [5.41, 5.74) is 1.08. The number of carbonyl (C=O) groups excluding carboxylic acids is 1. The van der Waals surface area contributed by atoms with E-state index in [1.54, 1.807) is 6.07 Å². The number of benzene rings is 1. The zero-order chi connectivity index (χ0) is 19.3. The van der Waals surface area contributed by atoms with E-state index in [-0.39, 0.29) is 11.8 Å².